The number of hydrogen-bond donors (Lipinski definition) is 1. The SMILES string of the molecule is Cc1ccc(C(=O)N2Cc3ccccc3C[C@H]2C(=O)O)cc1S(C)(=O)=O. The van der Waals surface area contributed by atoms with Gasteiger partial charge in [0.25, 0.3) is 5.91 Å². The Balaban J connectivity index is 2.02. The molecule has 2 aromatic rings. The minimum atomic E-state index is -3.49. The van der Waals surface area contributed by atoms with Crippen molar-refractivity contribution in [2.45, 2.75) is 30.8 Å². The summed E-state index contributed by atoms with van der Waals surface area (Å²) in [6, 6.07) is 10.9. The predicted molar refractivity (Wildman–Crippen MR) is 95.7 cm³/mol. The van der Waals surface area contributed by atoms with Gasteiger partial charge in [-0.05, 0) is 35.7 Å². The Bertz CT molecular complexity index is 997. The summed E-state index contributed by atoms with van der Waals surface area (Å²) in [5, 5.41) is 9.57. The molecule has 136 valence electrons. The largest absolute Gasteiger partial charge is 0.480 e. The average Bonchev–Trinajstić information content (AvgIpc) is 2.59. The van der Waals surface area contributed by atoms with Gasteiger partial charge in [-0.1, -0.05) is 30.3 Å². The lowest BCUT2D eigenvalue weighted by Gasteiger charge is -2.34. The van der Waals surface area contributed by atoms with Crippen molar-refractivity contribution in [3.8, 4) is 0 Å². The van der Waals surface area contributed by atoms with Crippen LogP contribution in [0.2, 0.25) is 0 Å². The Kier molecular flexibility index (Phi) is 4.58. The van der Waals surface area contributed by atoms with E-state index in [9.17, 15) is 23.1 Å². The van der Waals surface area contributed by atoms with Crippen LogP contribution in [0.5, 0.6) is 0 Å². The first-order valence-corrected chi connectivity index (χ1v) is 9.99. The number of benzene rings is 2. The van der Waals surface area contributed by atoms with Crippen molar-refractivity contribution in [3.05, 3.63) is 64.7 Å². The summed E-state index contributed by atoms with van der Waals surface area (Å²) in [6.45, 7) is 1.83. The highest BCUT2D eigenvalue weighted by atomic mass is 32.2. The van der Waals surface area contributed by atoms with Gasteiger partial charge in [-0.3, -0.25) is 4.79 Å². The molecule has 0 aliphatic carbocycles. The van der Waals surface area contributed by atoms with Crippen molar-refractivity contribution in [3.63, 3.8) is 0 Å². The fraction of sp³-hybridized carbons (Fsp3) is 0.263. The number of carbonyl (C=O) groups excluding carboxylic acids is 1. The van der Waals surface area contributed by atoms with E-state index in [1.54, 1.807) is 13.0 Å². The minimum absolute atomic E-state index is 0.0765. The quantitative estimate of drug-likeness (QED) is 0.889. The molecule has 0 fully saturated rings. The Labute approximate surface area is 152 Å². The molecule has 0 bridgehead atoms. The van der Waals surface area contributed by atoms with Crippen LogP contribution in [-0.2, 0) is 27.6 Å². The Morgan fingerprint density at radius 3 is 2.38 bits per heavy atom. The number of rotatable bonds is 3. The van der Waals surface area contributed by atoms with Crippen LogP contribution < -0.4 is 0 Å². The third-order valence-corrected chi connectivity index (χ3v) is 5.87. The first-order valence-electron chi connectivity index (χ1n) is 8.10. The highest BCUT2D eigenvalue weighted by Gasteiger charge is 2.35. The molecule has 1 N–H and O–H groups in total. The first-order chi connectivity index (χ1) is 12.2. The second-order valence-corrected chi connectivity index (χ2v) is 8.50. The van der Waals surface area contributed by atoms with Gasteiger partial charge < -0.3 is 10.0 Å². The third kappa shape index (κ3) is 3.35. The number of aryl methyl sites for hydroxylation is 1. The van der Waals surface area contributed by atoms with Gasteiger partial charge in [0.1, 0.15) is 6.04 Å². The fourth-order valence-corrected chi connectivity index (χ4v) is 4.25. The molecule has 0 spiro atoms. The van der Waals surface area contributed by atoms with Crippen molar-refractivity contribution in [1.82, 2.24) is 4.90 Å². The van der Waals surface area contributed by atoms with Crippen molar-refractivity contribution < 1.29 is 23.1 Å². The van der Waals surface area contributed by atoms with E-state index in [1.165, 1.54) is 17.0 Å². The van der Waals surface area contributed by atoms with Crippen LogP contribution in [0.3, 0.4) is 0 Å². The third-order valence-electron chi connectivity index (χ3n) is 4.63. The van der Waals surface area contributed by atoms with Gasteiger partial charge in [-0.25, -0.2) is 13.2 Å². The topological polar surface area (TPSA) is 91.8 Å². The number of fused-ring (bicyclic) bond motifs is 1. The van der Waals surface area contributed by atoms with E-state index in [-0.39, 0.29) is 23.4 Å². The number of carboxylic acids is 1. The first kappa shape index (κ1) is 18.1. The number of sulfone groups is 1. The van der Waals surface area contributed by atoms with E-state index in [0.717, 1.165) is 17.4 Å². The van der Waals surface area contributed by atoms with E-state index in [2.05, 4.69) is 0 Å². The zero-order valence-corrected chi connectivity index (χ0v) is 15.3. The van der Waals surface area contributed by atoms with Crippen molar-refractivity contribution in [2.24, 2.45) is 0 Å². The second kappa shape index (κ2) is 6.57. The van der Waals surface area contributed by atoms with Crippen LogP contribution >= 0.6 is 0 Å². The molecule has 0 aromatic heterocycles. The molecule has 1 aliphatic rings. The lowest BCUT2D eigenvalue weighted by atomic mass is 9.93. The molecule has 0 saturated heterocycles. The molecule has 0 unspecified atom stereocenters. The summed E-state index contributed by atoms with van der Waals surface area (Å²) in [5.74, 6) is -1.57. The normalized spacial score (nSPS) is 16.8. The summed E-state index contributed by atoms with van der Waals surface area (Å²) in [7, 11) is -3.49. The number of aliphatic carboxylic acids is 1. The molecular formula is C19H19NO5S. The van der Waals surface area contributed by atoms with Crippen LogP contribution in [0, 0.1) is 6.92 Å². The summed E-state index contributed by atoms with van der Waals surface area (Å²) < 4.78 is 23.8. The Morgan fingerprint density at radius 2 is 1.77 bits per heavy atom. The molecule has 1 amide bonds. The maximum atomic E-state index is 13.0. The minimum Gasteiger partial charge on any atom is -0.480 e. The molecule has 2 aromatic carbocycles. The van der Waals surface area contributed by atoms with Crippen LogP contribution in [0.15, 0.2) is 47.4 Å². The van der Waals surface area contributed by atoms with Gasteiger partial charge in [-0.2, -0.15) is 0 Å². The fourth-order valence-electron chi connectivity index (χ4n) is 3.26. The average molecular weight is 373 g/mol. The number of carbonyl (C=O) groups is 2. The molecule has 1 aliphatic heterocycles. The number of carboxylic acid groups (broad SMARTS) is 1. The number of hydrogen-bond acceptors (Lipinski definition) is 4. The zero-order valence-electron chi connectivity index (χ0n) is 14.5. The van der Waals surface area contributed by atoms with Gasteiger partial charge in [0, 0.05) is 24.8 Å². The number of nitrogens with zero attached hydrogens (tertiary/aromatic N) is 1. The van der Waals surface area contributed by atoms with Gasteiger partial charge in [-0.15, -0.1) is 0 Å². The van der Waals surface area contributed by atoms with E-state index < -0.39 is 27.8 Å². The molecule has 1 heterocycles. The smallest absolute Gasteiger partial charge is 0.326 e. The molecule has 0 radical (unpaired) electrons. The summed E-state index contributed by atoms with van der Waals surface area (Å²) in [6.07, 6.45) is 1.31. The Hall–Kier alpha value is -2.67. The van der Waals surface area contributed by atoms with E-state index in [0.29, 0.717) is 5.56 Å². The van der Waals surface area contributed by atoms with Crippen molar-refractivity contribution >= 4 is 21.7 Å². The second-order valence-electron chi connectivity index (χ2n) is 6.51. The van der Waals surface area contributed by atoms with Crippen LogP contribution in [0.4, 0.5) is 0 Å². The molecular weight excluding hydrogens is 354 g/mol. The maximum absolute atomic E-state index is 13.0. The van der Waals surface area contributed by atoms with Gasteiger partial charge in [0.2, 0.25) is 0 Å². The monoisotopic (exact) mass is 373 g/mol. The maximum Gasteiger partial charge on any atom is 0.326 e. The van der Waals surface area contributed by atoms with Crippen molar-refractivity contribution in [1.29, 1.82) is 0 Å². The van der Waals surface area contributed by atoms with Gasteiger partial charge >= 0.3 is 5.97 Å². The molecule has 3 rings (SSSR count). The number of amides is 1. The van der Waals surface area contributed by atoms with Crippen LogP contribution in [0.1, 0.15) is 27.0 Å². The van der Waals surface area contributed by atoms with E-state index in [1.807, 2.05) is 24.3 Å². The lowest BCUT2D eigenvalue weighted by molar-refractivity contribution is -0.142. The highest BCUT2D eigenvalue weighted by Crippen LogP contribution is 2.26. The van der Waals surface area contributed by atoms with E-state index in [4.69, 9.17) is 0 Å². The molecule has 1 atom stereocenters. The van der Waals surface area contributed by atoms with Crippen molar-refractivity contribution in [2.75, 3.05) is 6.26 Å². The Morgan fingerprint density at radius 1 is 1.12 bits per heavy atom. The van der Waals surface area contributed by atoms with Crippen LogP contribution in [-0.4, -0.2) is 42.6 Å². The highest BCUT2D eigenvalue weighted by molar-refractivity contribution is 7.90. The molecule has 0 saturated carbocycles. The summed E-state index contributed by atoms with van der Waals surface area (Å²) >= 11 is 0. The summed E-state index contributed by atoms with van der Waals surface area (Å²) in [4.78, 5) is 26.1. The molecule has 7 heteroatoms. The van der Waals surface area contributed by atoms with Gasteiger partial charge in [0.05, 0.1) is 4.90 Å². The summed E-state index contributed by atoms with van der Waals surface area (Å²) in [5.41, 5.74) is 2.52. The predicted octanol–water partition coefficient (Wildman–Crippen LogP) is 2.05. The molecule has 6 nitrogen and oxygen atoms in total. The standard InChI is InChI=1S/C19H19NO5S/c1-12-7-8-14(10-17(12)26(2,24)25)18(21)20-11-15-6-4-3-5-13(15)9-16(20)19(22)23/h3-8,10,16H,9,11H2,1-2H3,(H,22,23)/t16-/m0/s1. The lowest BCUT2D eigenvalue weighted by Crippen LogP contribution is -2.48. The zero-order chi connectivity index (χ0) is 19.1. The van der Waals surface area contributed by atoms with E-state index >= 15 is 0 Å². The van der Waals surface area contributed by atoms with Gasteiger partial charge in [0.15, 0.2) is 9.84 Å². The molecule has 26 heavy (non-hydrogen) atoms. The van der Waals surface area contributed by atoms with Crippen LogP contribution in [0.25, 0.3) is 0 Å².